The molecule has 1 rings (SSSR count). The van der Waals surface area contributed by atoms with Gasteiger partial charge in [0.2, 0.25) is 10.3 Å². The summed E-state index contributed by atoms with van der Waals surface area (Å²) in [6.45, 7) is 0. The number of ether oxygens (including phenoxy) is 1. The quantitative estimate of drug-likeness (QED) is 0.658. The van der Waals surface area contributed by atoms with E-state index in [2.05, 4.69) is 0 Å². The molecule has 0 radical (unpaired) electrons. The van der Waals surface area contributed by atoms with Crippen LogP contribution >= 0.6 is 11.6 Å². The minimum atomic E-state index is -2.36. The molecular formula is C10H9ClO5S. The zero-order valence-electron chi connectivity index (χ0n) is 8.75. The summed E-state index contributed by atoms with van der Waals surface area (Å²) in [5, 5.41) is 8.47. The van der Waals surface area contributed by atoms with Crippen LogP contribution in [0.25, 0.3) is 0 Å². The number of carboxylic acids is 1. The molecule has 0 aliphatic carbocycles. The Balaban J connectivity index is 3.34. The van der Waals surface area contributed by atoms with Crippen molar-refractivity contribution in [3.05, 3.63) is 29.3 Å². The van der Waals surface area contributed by atoms with Crippen LogP contribution in [0.1, 0.15) is 16.5 Å². The van der Waals surface area contributed by atoms with E-state index in [1.165, 1.54) is 25.3 Å². The number of aliphatic carboxylic acids is 1. The van der Waals surface area contributed by atoms with Gasteiger partial charge in [0.25, 0.3) is 0 Å². The molecule has 0 spiro atoms. The van der Waals surface area contributed by atoms with Gasteiger partial charge in [-0.25, -0.2) is 0 Å². The average Bonchev–Trinajstić information content (AvgIpc) is 2.27. The van der Waals surface area contributed by atoms with Gasteiger partial charge < -0.3 is 9.84 Å². The lowest BCUT2D eigenvalue weighted by molar-refractivity contribution is -0.136. The fourth-order valence-electron chi connectivity index (χ4n) is 1.27. The molecule has 0 aromatic heterocycles. The smallest absolute Gasteiger partial charge is 0.326 e. The second-order valence-electron chi connectivity index (χ2n) is 3.08. The largest absolute Gasteiger partial charge is 0.496 e. The van der Waals surface area contributed by atoms with Crippen molar-refractivity contribution in [3.8, 4) is 5.75 Å². The van der Waals surface area contributed by atoms with Crippen LogP contribution in [0, 0.1) is 0 Å². The molecule has 1 atom stereocenters. The Kier molecular flexibility index (Phi) is 4.53. The van der Waals surface area contributed by atoms with E-state index >= 15 is 0 Å². The van der Waals surface area contributed by atoms with Gasteiger partial charge in [0.05, 0.1) is 12.5 Å². The lowest BCUT2D eigenvalue weighted by Crippen LogP contribution is -2.07. The predicted octanol–water partition coefficient (Wildman–Crippen LogP) is 1.09. The number of methoxy groups -OCH3 is 1. The molecule has 92 valence electrons. The first-order chi connectivity index (χ1) is 7.95. The summed E-state index contributed by atoms with van der Waals surface area (Å²) < 4.78 is 26.0. The van der Waals surface area contributed by atoms with Crippen molar-refractivity contribution in [2.45, 2.75) is 5.38 Å². The number of halogens is 1. The third-order valence-corrected chi connectivity index (χ3v) is 2.86. The third-order valence-electron chi connectivity index (χ3n) is 1.98. The second-order valence-corrected chi connectivity index (χ2v) is 4.27. The molecule has 0 fully saturated rings. The van der Waals surface area contributed by atoms with Gasteiger partial charge in [0.15, 0.2) is 5.38 Å². The molecule has 0 aliphatic heterocycles. The van der Waals surface area contributed by atoms with Crippen molar-refractivity contribution in [3.63, 3.8) is 0 Å². The molecule has 5 nitrogen and oxygen atoms in total. The first-order valence-electron chi connectivity index (χ1n) is 4.43. The van der Waals surface area contributed by atoms with Crippen molar-refractivity contribution >= 4 is 33.2 Å². The van der Waals surface area contributed by atoms with Crippen LogP contribution < -0.4 is 4.74 Å². The molecule has 0 amide bonds. The SMILES string of the molecule is COc1ccc(C=S(=O)=O)cc1C(Cl)C(=O)O. The van der Waals surface area contributed by atoms with E-state index in [0.717, 1.165) is 5.37 Å². The van der Waals surface area contributed by atoms with Crippen LogP contribution in [0.2, 0.25) is 0 Å². The minimum Gasteiger partial charge on any atom is -0.496 e. The predicted molar refractivity (Wildman–Crippen MR) is 63.3 cm³/mol. The average molecular weight is 277 g/mol. The molecule has 0 heterocycles. The van der Waals surface area contributed by atoms with Gasteiger partial charge in [-0.3, -0.25) is 4.79 Å². The van der Waals surface area contributed by atoms with Gasteiger partial charge in [-0.15, -0.1) is 11.6 Å². The summed E-state index contributed by atoms with van der Waals surface area (Å²) in [4.78, 5) is 10.8. The summed E-state index contributed by atoms with van der Waals surface area (Å²) >= 11 is 5.69. The van der Waals surface area contributed by atoms with E-state index in [4.69, 9.17) is 21.4 Å². The van der Waals surface area contributed by atoms with E-state index in [1.807, 2.05) is 0 Å². The Morgan fingerprint density at radius 3 is 2.65 bits per heavy atom. The number of carboxylic acid groups (broad SMARTS) is 1. The van der Waals surface area contributed by atoms with Crippen molar-refractivity contribution in [2.24, 2.45) is 0 Å². The molecule has 1 aromatic rings. The Bertz CT molecular complexity index is 556. The highest BCUT2D eigenvalue weighted by Crippen LogP contribution is 2.30. The Labute approximate surface area is 104 Å². The van der Waals surface area contributed by atoms with E-state index < -0.39 is 21.6 Å². The van der Waals surface area contributed by atoms with Crippen LogP contribution in [0.3, 0.4) is 0 Å². The molecule has 0 aliphatic rings. The first kappa shape index (κ1) is 13.5. The molecule has 0 saturated carbocycles. The lowest BCUT2D eigenvalue weighted by Gasteiger charge is -2.11. The molecule has 0 saturated heterocycles. The molecule has 1 unspecified atom stereocenters. The fourth-order valence-corrected chi connectivity index (χ4v) is 1.81. The summed E-state index contributed by atoms with van der Waals surface area (Å²) in [6, 6.07) is 4.32. The van der Waals surface area contributed by atoms with Crippen LogP contribution in [0.4, 0.5) is 0 Å². The first-order valence-corrected chi connectivity index (χ1v) is 6.01. The second kappa shape index (κ2) is 5.70. The van der Waals surface area contributed by atoms with E-state index in [0.29, 0.717) is 11.3 Å². The van der Waals surface area contributed by atoms with Crippen molar-refractivity contribution in [1.82, 2.24) is 0 Å². The number of hydrogen-bond donors (Lipinski definition) is 1. The maximum atomic E-state index is 10.8. The molecule has 0 bridgehead atoms. The molecule has 1 N–H and O–H groups in total. The van der Waals surface area contributed by atoms with Crippen molar-refractivity contribution < 1.29 is 23.1 Å². The number of benzene rings is 1. The van der Waals surface area contributed by atoms with Gasteiger partial charge in [0, 0.05) is 5.56 Å². The van der Waals surface area contributed by atoms with Gasteiger partial charge in [-0.1, -0.05) is 6.07 Å². The fraction of sp³-hybridized carbons (Fsp3) is 0.200. The number of hydrogen-bond acceptors (Lipinski definition) is 4. The third kappa shape index (κ3) is 3.47. The van der Waals surface area contributed by atoms with Crippen molar-refractivity contribution in [1.29, 1.82) is 0 Å². The minimum absolute atomic E-state index is 0.209. The highest BCUT2D eigenvalue weighted by molar-refractivity contribution is 7.71. The van der Waals surface area contributed by atoms with Crippen LogP contribution in [0.15, 0.2) is 18.2 Å². The zero-order chi connectivity index (χ0) is 13.0. The van der Waals surface area contributed by atoms with E-state index in [9.17, 15) is 13.2 Å². The summed E-state index contributed by atoms with van der Waals surface area (Å²) in [7, 11) is -0.989. The summed E-state index contributed by atoms with van der Waals surface area (Å²) in [5.74, 6) is -0.938. The maximum absolute atomic E-state index is 10.8. The standard InChI is InChI=1S/C10H9ClO5S/c1-16-8-3-2-6(5-17(14)15)4-7(8)9(11)10(12)13/h2-5,9H,1H3,(H,12,13). The van der Waals surface area contributed by atoms with Crippen LogP contribution in [-0.4, -0.2) is 32.0 Å². The lowest BCUT2D eigenvalue weighted by atomic mass is 10.1. The molecule has 7 heteroatoms. The van der Waals surface area contributed by atoms with E-state index in [1.54, 1.807) is 0 Å². The van der Waals surface area contributed by atoms with Gasteiger partial charge in [-0.05, 0) is 17.7 Å². The Morgan fingerprint density at radius 2 is 2.18 bits per heavy atom. The summed E-state index contributed by atoms with van der Waals surface area (Å²) in [5.41, 5.74) is 0.543. The molecular weight excluding hydrogens is 268 g/mol. The number of carbonyl (C=O) groups is 1. The molecule has 1 aromatic carbocycles. The van der Waals surface area contributed by atoms with Gasteiger partial charge >= 0.3 is 5.97 Å². The summed E-state index contributed by atoms with van der Waals surface area (Å²) in [6.07, 6.45) is 0. The highest BCUT2D eigenvalue weighted by atomic mass is 35.5. The molecule has 17 heavy (non-hydrogen) atoms. The topological polar surface area (TPSA) is 80.7 Å². The maximum Gasteiger partial charge on any atom is 0.326 e. The Hall–Kier alpha value is -1.53. The number of alkyl halides is 1. The van der Waals surface area contributed by atoms with Crippen LogP contribution in [-0.2, 0) is 15.1 Å². The van der Waals surface area contributed by atoms with Crippen molar-refractivity contribution in [2.75, 3.05) is 7.11 Å². The van der Waals surface area contributed by atoms with Gasteiger partial charge in [-0.2, -0.15) is 8.42 Å². The van der Waals surface area contributed by atoms with E-state index in [-0.39, 0.29) is 5.56 Å². The monoisotopic (exact) mass is 276 g/mol. The zero-order valence-corrected chi connectivity index (χ0v) is 10.3. The number of rotatable bonds is 4. The van der Waals surface area contributed by atoms with Crippen LogP contribution in [0.5, 0.6) is 5.75 Å². The highest BCUT2D eigenvalue weighted by Gasteiger charge is 2.20. The van der Waals surface area contributed by atoms with Gasteiger partial charge in [0.1, 0.15) is 5.75 Å². The Morgan fingerprint density at radius 1 is 1.53 bits per heavy atom. The normalized spacial score (nSPS) is 11.6.